The average molecular weight is 312 g/mol. The van der Waals surface area contributed by atoms with Crippen molar-refractivity contribution in [2.45, 2.75) is 13.0 Å². The van der Waals surface area contributed by atoms with Gasteiger partial charge in [0, 0.05) is 45.0 Å². The number of benzene rings is 2. The number of rotatable bonds is 7. The first-order chi connectivity index (χ1) is 11.1. The van der Waals surface area contributed by atoms with E-state index in [1.165, 1.54) is 0 Å². The summed E-state index contributed by atoms with van der Waals surface area (Å²) in [5, 5.41) is 9.11. The lowest BCUT2D eigenvalue weighted by molar-refractivity contribution is 0.0827. The molecule has 2 aromatic rings. The van der Waals surface area contributed by atoms with Crippen LogP contribution in [-0.4, -0.2) is 43.2 Å². The fourth-order valence-electron chi connectivity index (χ4n) is 2.43. The number of hydrogen-bond donors (Lipinski definition) is 1. The third-order valence-corrected chi connectivity index (χ3v) is 3.69. The van der Waals surface area contributed by atoms with Crippen LogP contribution in [0.5, 0.6) is 0 Å². The second-order valence-electron chi connectivity index (χ2n) is 5.73. The van der Waals surface area contributed by atoms with Gasteiger partial charge >= 0.3 is 0 Å². The van der Waals surface area contributed by atoms with Crippen molar-refractivity contribution >= 4 is 11.6 Å². The zero-order chi connectivity index (χ0) is 16.7. The molecular formula is C19H24N2O2. The summed E-state index contributed by atoms with van der Waals surface area (Å²) >= 11 is 0. The molecule has 0 aliphatic rings. The predicted molar refractivity (Wildman–Crippen MR) is 93.7 cm³/mol. The Morgan fingerprint density at radius 3 is 2.22 bits per heavy atom. The van der Waals surface area contributed by atoms with E-state index in [2.05, 4.69) is 17.0 Å². The summed E-state index contributed by atoms with van der Waals surface area (Å²) in [4.78, 5) is 15.7. The smallest absolute Gasteiger partial charge is 0.253 e. The zero-order valence-corrected chi connectivity index (χ0v) is 13.8. The van der Waals surface area contributed by atoms with Gasteiger partial charge < -0.3 is 14.9 Å². The van der Waals surface area contributed by atoms with Gasteiger partial charge in [-0.1, -0.05) is 30.3 Å². The van der Waals surface area contributed by atoms with E-state index in [-0.39, 0.29) is 12.5 Å². The van der Waals surface area contributed by atoms with Gasteiger partial charge in [0.05, 0.1) is 0 Å². The van der Waals surface area contributed by atoms with E-state index in [1.807, 2.05) is 42.5 Å². The van der Waals surface area contributed by atoms with Crippen molar-refractivity contribution in [1.82, 2.24) is 4.90 Å². The number of para-hydroxylation sites is 1. The highest BCUT2D eigenvalue weighted by atomic mass is 16.3. The number of aliphatic hydroxyl groups excluding tert-OH is 1. The van der Waals surface area contributed by atoms with Gasteiger partial charge in [0.1, 0.15) is 0 Å². The highest BCUT2D eigenvalue weighted by Gasteiger charge is 2.10. The number of carbonyl (C=O) groups excluding carboxylic acids is 1. The van der Waals surface area contributed by atoms with Gasteiger partial charge in [-0.25, -0.2) is 0 Å². The van der Waals surface area contributed by atoms with Crippen LogP contribution in [-0.2, 0) is 6.54 Å². The molecular weight excluding hydrogens is 288 g/mol. The van der Waals surface area contributed by atoms with Gasteiger partial charge in [0.15, 0.2) is 0 Å². The molecule has 23 heavy (non-hydrogen) atoms. The largest absolute Gasteiger partial charge is 0.396 e. The average Bonchev–Trinajstić information content (AvgIpc) is 2.59. The molecule has 0 atom stereocenters. The molecule has 0 heterocycles. The summed E-state index contributed by atoms with van der Waals surface area (Å²) in [7, 11) is 3.50. The molecule has 0 saturated carbocycles. The maximum Gasteiger partial charge on any atom is 0.253 e. The lowest BCUT2D eigenvalue weighted by Crippen LogP contribution is -2.25. The van der Waals surface area contributed by atoms with Crippen LogP contribution >= 0.6 is 0 Å². The minimum absolute atomic E-state index is 0.0109. The molecule has 0 aliphatic carbocycles. The van der Waals surface area contributed by atoms with Crippen LogP contribution in [0.3, 0.4) is 0 Å². The van der Waals surface area contributed by atoms with E-state index in [9.17, 15) is 4.79 Å². The molecule has 2 rings (SSSR count). The van der Waals surface area contributed by atoms with E-state index in [4.69, 9.17) is 5.11 Å². The lowest BCUT2D eigenvalue weighted by Gasteiger charge is -2.25. The number of hydrogen-bond acceptors (Lipinski definition) is 3. The molecule has 0 aromatic heterocycles. The highest BCUT2D eigenvalue weighted by molar-refractivity contribution is 5.93. The molecule has 2 aromatic carbocycles. The zero-order valence-electron chi connectivity index (χ0n) is 13.8. The number of carbonyl (C=O) groups is 1. The Bertz CT molecular complexity index is 609. The molecule has 122 valence electrons. The van der Waals surface area contributed by atoms with Crippen molar-refractivity contribution in [3.63, 3.8) is 0 Å². The van der Waals surface area contributed by atoms with E-state index in [0.717, 1.165) is 30.8 Å². The van der Waals surface area contributed by atoms with Crippen molar-refractivity contribution in [2.24, 2.45) is 0 Å². The quantitative estimate of drug-likeness (QED) is 0.855. The van der Waals surface area contributed by atoms with Gasteiger partial charge in [0.2, 0.25) is 0 Å². The molecule has 0 fully saturated rings. The molecule has 0 spiro atoms. The normalized spacial score (nSPS) is 10.4. The van der Waals surface area contributed by atoms with Gasteiger partial charge in [-0.2, -0.15) is 0 Å². The van der Waals surface area contributed by atoms with Gasteiger partial charge in [-0.3, -0.25) is 4.79 Å². The molecule has 4 heteroatoms. The number of nitrogens with zero attached hydrogens (tertiary/aromatic N) is 2. The third kappa shape index (κ3) is 4.83. The van der Waals surface area contributed by atoms with E-state index in [0.29, 0.717) is 5.56 Å². The Morgan fingerprint density at radius 2 is 1.65 bits per heavy atom. The second-order valence-corrected chi connectivity index (χ2v) is 5.73. The monoisotopic (exact) mass is 312 g/mol. The number of aliphatic hydroxyl groups is 1. The van der Waals surface area contributed by atoms with Crippen LogP contribution in [0.4, 0.5) is 5.69 Å². The standard InChI is InChI=1S/C19H24N2O2/c1-20(2)19(23)17-11-9-16(10-12-17)15-21(13-6-14-22)18-7-4-3-5-8-18/h3-5,7-12,22H,6,13-15H2,1-2H3. The van der Waals surface area contributed by atoms with E-state index < -0.39 is 0 Å². The van der Waals surface area contributed by atoms with Crippen molar-refractivity contribution in [3.05, 3.63) is 65.7 Å². The van der Waals surface area contributed by atoms with Gasteiger partial charge in [0.25, 0.3) is 5.91 Å². The second kappa shape index (κ2) is 8.34. The summed E-state index contributed by atoms with van der Waals surface area (Å²) in [6.07, 6.45) is 0.728. The summed E-state index contributed by atoms with van der Waals surface area (Å²) in [5.41, 5.74) is 2.97. The molecule has 0 aliphatic heterocycles. The molecule has 0 unspecified atom stereocenters. The van der Waals surface area contributed by atoms with Crippen molar-refractivity contribution < 1.29 is 9.90 Å². The van der Waals surface area contributed by atoms with Gasteiger partial charge in [-0.15, -0.1) is 0 Å². The van der Waals surface area contributed by atoms with Crippen molar-refractivity contribution in [3.8, 4) is 0 Å². The lowest BCUT2D eigenvalue weighted by atomic mass is 10.1. The topological polar surface area (TPSA) is 43.8 Å². The Balaban J connectivity index is 2.11. The summed E-state index contributed by atoms with van der Waals surface area (Å²) < 4.78 is 0. The summed E-state index contributed by atoms with van der Waals surface area (Å²) in [6.45, 7) is 1.72. The minimum Gasteiger partial charge on any atom is -0.396 e. The summed E-state index contributed by atoms with van der Waals surface area (Å²) in [6, 6.07) is 17.9. The molecule has 0 bridgehead atoms. The Morgan fingerprint density at radius 1 is 1.00 bits per heavy atom. The Hall–Kier alpha value is -2.33. The SMILES string of the molecule is CN(C)C(=O)c1ccc(CN(CCCO)c2ccccc2)cc1. The predicted octanol–water partition coefficient (Wildman–Crippen LogP) is 2.78. The molecule has 0 saturated heterocycles. The molecule has 0 radical (unpaired) electrons. The first kappa shape index (κ1) is 17.0. The van der Waals surface area contributed by atoms with E-state index >= 15 is 0 Å². The summed E-state index contributed by atoms with van der Waals surface area (Å²) in [5.74, 6) is 0.0109. The first-order valence-corrected chi connectivity index (χ1v) is 7.83. The van der Waals surface area contributed by atoms with Gasteiger partial charge in [-0.05, 0) is 36.2 Å². The molecule has 1 N–H and O–H groups in total. The van der Waals surface area contributed by atoms with E-state index in [1.54, 1.807) is 19.0 Å². The minimum atomic E-state index is 0.0109. The van der Waals surface area contributed by atoms with Crippen LogP contribution in [0, 0.1) is 0 Å². The van der Waals surface area contributed by atoms with Crippen LogP contribution < -0.4 is 4.90 Å². The van der Waals surface area contributed by atoms with Crippen LogP contribution in [0.25, 0.3) is 0 Å². The fraction of sp³-hybridized carbons (Fsp3) is 0.316. The number of anilines is 1. The molecule has 4 nitrogen and oxygen atoms in total. The van der Waals surface area contributed by atoms with Crippen LogP contribution in [0.15, 0.2) is 54.6 Å². The maximum atomic E-state index is 11.9. The first-order valence-electron chi connectivity index (χ1n) is 7.83. The fourth-order valence-corrected chi connectivity index (χ4v) is 2.43. The molecule has 1 amide bonds. The van der Waals surface area contributed by atoms with Crippen LogP contribution in [0.1, 0.15) is 22.3 Å². The van der Waals surface area contributed by atoms with Crippen LogP contribution in [0.2, 0.25) is 0 Å². The third-order valence-electron chi connectivity index (χ3n) is 3.69. The Labute approximate surface area is 138 Å². The van der Waals surface area contributed by atoms with Crippen molar-refractivity contribution in [2.75, 3.05) is 32.1 Å². The number of amides is 1. The highest BCUT2D eigenvalue weighted by Crippen LogP contribution is 2.17. The van der Waals surface area contributed by atoms with Crippen molar-refractivity contribution in [1.29, 1.82) is 0 Å². The maximum absolute atomic E-state index is 11.9. The Kier molecular flexibility index (Phi) is 6.18.